The van der Waals surface area contributed by atoms with Gasteiger partial charge in [-0.1, -0.05) is 6.92 Å². The van der Waals surface area contributed by atoms with Gasteiger partial charge in [0.2, 0.25) is 0 Å². The fourth-order valence-electron chi connectivity index (χ4n) is 1.57. The normalized spacial score (nSPS) is 14.6. The average Bonchev–Trinajstić information content (AvgIpc) is 2.87. The van der Waals surface area contributed by atoms with E-state index < -0.39 is 6.10 Å². The highest BCUT2D eigenvalue weighted by atomic mass is 32.2. The van der Waals surface area contributed by atoms with Gasteiger partial charge in [0.05, 0.1) is 19.0 Å². The lowest BCUT2D eigenvalue weighted by Gasteiger charge is -2.18. The lowest BCUT2D eigenvalue weighted by atomic mass is 10.2. The minimum absolute atomic E-state index is 0.323. The van der Waals surface area contributed by atoms with Crippen molar-refractivity contribution in [2.45, 2.75) is 32.1 Å². The van der Waals surface area contributed by atoms with E-state index in [1.165, 1.54) is 0 Å². The molecule has 0 aliphatic rings. The molecule has 0 saturated heterocycles. The van der Waals surface area contributed by atoms with Crippen LogP contribution >= 0.6 is 11.8 Å². The summed E-state index contributed by atoms with van der Waals surface area (Å²) < 4.78 is 10.5. The van der Waals surface area contributed by atoms with E-state index in [-0.39, 0.29) is 0 Å². The molecule has 0 radical (unpaired) electrons. The van der Waals surface area contributed by atoms with Gasteiger partial charge < -0.3 is 19.6 Å². The van der Waals surface area contributed by atoms with Gasteiger partial charge in [0.15, 0.2) is 0 Å². The number of hydrogen-bond donors (Lipinski definition) is 2. The van der Waals surface area contributed by atoms with Crippen LogP contribution in [0.4, 0.5) is 0 Å². The van der Waals surface area contributed by atoms with Crippen molar-refractivity contribution in [2.24, 2.45) is 0 Å². The summed E-state index contributed by atoms with van der Waals surface area (Å²) in [5, 5.41) is 13.1. The molecule has 0 saturated carbocycles. The van der Waals surface area contributed by atoms with Gasteiger partial charge in [-0.15, -0.1) is 0 Å². The summed E-state index contributed by atoms with van der Waals surface area (Å²) in [5.74, 6) is 1.85. The topological polar surface area (TPSA) is 54.6 Å². The van der Waals surface area contributed by atoms with E-state index in [9.17, 15) is 5.11 Å². The zero-order valence-corrected chi connectivity index (χ0v) is 11.9. The Balaban J connectivity index is 2.07. The first-order chi connectivity index (χ1) is 8.76. The third-order valence-corrected chi connectivity index (χ3v) is 3.37. The molecule has 4 nitrogen and oxygen atoms in total. The van der Waals surface area contributed by atoms with Crippen LogP contribution in [-0.2, 0) is 11.3 Å². The minimum atomic E-state index is -0.476. The number of ether oxygens (including phenoxy) is 1. The van der Waals surface area contributed by atoms with Crippen molar-refractivity contribution in [1.29, 1.82) is 0 Å². The number of hydrogen-bond acceptors (Lipinski definition) is 5. The average molecular weight is 273 g/mol. The summed E-state index contributed by atoms with van der Waals surface area (Å²) in [7, 11) is 0. The predicted octanol–water partition coefficient (Wildman–Crippen LogP) is 1.89. The highest BCUT2D eigenvalue weighted by Crippen LogP contribution is 2.03. The second kappa shape index (κ2) is 9.44. The standard InChI is InChI=1S/C13H23NO3S/c1-3-11(10-18-2)14-7-12(15)8-16-9-13-5-4-6-17-13/h4-6,11-12,14-15H,3,7-10H2,1-2H3. The van der Waals surface area contributed by atoms with E-state index in [0.717, 1.165) is 17.9 Å². The zero-order valence-electron chi connectivity index (χ0n) is 11.1. The molecule has 0 bridgehead atoms. The Morgan fingerprint density at radius 1 is 1.56 bits per heavy atom. The van der Waals surface area contributed by atoms with Crippen molar-refractivity contribution in [3.8, 4) is 0 Å². The SMILES string of the molecule is CCC(CSC)NCC(O)COCc1ccco1. The molecule has 2 atom stereocenters. The van der Waals surface area contributed by atoms with E-state index in [0.29, 0.717) is 25.8 Å². The number of furan rings is 1. The molecule has 0 aliphatic heterocycles. The number of aliphatic hydroxyl groups is 1. The number of aliphatic hydroxyl groups excluding tert-OH is 1. The van der Waals surface area contributed by atoms with Gasteiger partial charge in [-0.05, 0) is 24.8 Å². The van der Waals surface area contributed by atoms with Gasteiger partial charge in [0.25, 0.3) is 0 Å². The van der Waals surface area contributed by atoms with Crippen molar-refractivity contribution < 1.29 is 14.3 Å². The molecule has 0 aliphatic carbocycles. The number of thioether (sulfide) groups is 1. The smallest absolute Gasteiger partial charge is 0.129 e. The minimum Gasteiger partial charge on any atom is -0.467 e. The first kappa shape index (κ1) is 15.6. The monoisotopic (exact) mass is 273 g/mol. The first-order valence-corrected chi connectivity index (χ1v) is 7.66. The summed E-state index contributed by atoms with van der Waals surface area (Å²) in [6, 6.07) is 4.14. The van der Waals surface area contributed by atoms with Crippen LogP contribution in [0, 0.1) is 0 Å². The summed E-state index contributed by atoms with van der Waals surface area (Å²) in [5.41, 5.74) is 0. The van der Waals surface area contributed by atoms with Crippen molar-refractivity contribution >= 4 is 11.8 Å². The van der Waals surface area contributed by atoms with Crippen LogP contribution in [0.25, 0.3) is 0 Å². The van der Waals surface area contributed by atoms with Crippen LogP contribution in [0.15, 0.2) is 22.8 Å². The highest BCUT2D eigenvalue weighted by Gasteiger charge is 2.09. The van der Waals surface area contributed by atoms with E-state index >= 15 is 0 Å². The molecule has 0 amide bonds. The van der Waals surface area contributed by atoms with Crippen LogP contribution in [-0.4, -0.2) is 42.4 Å². The molecule has 0 spiro atoms. The second-order valence-corrected chi connectivity index (χ2v) is 5.13. The summed E-state index contributed by atoms with van der Waals surface area (Å²) in [6.45, 7) is 3.44. The van der Waals surface area contributed by atoms with Crippen LogP contribution in [0.5, 0.6) is 0 Å². The Morgan fingerprint density at radius 3 is 3.00 bits per heavy atom. The lowest BCUT2D eigenvalue weighted by molar-refractivity contribution is 0.0217. The van der Waals surface area contributed by atoms with Crippen LogP contribution in [0.3, 0.4) is 0 Å². The third kappa shape index (κ3) is 6.44. The Hall–Kier alpha value is -0.490. The van der Waals surface area contributed by atoms with Gasteiger partial charge in [-0.2, -0.15) is 11.8 Å². The maximum absolute atomic E-state index is 9.77. The van der Waals surface area contributed by atoms with Crippen molar-refractivity contribution in [3.05, 3.63) is 24.2 Å². The molecule has 1 heterocycles. The summed E-state index contributed by atoms with van der Waals surface area (Å²) in [4.78, 5) is 0. The fraction of sp³-hybridized carbons (Fsp3) is 0.692. The number of nitrogens with one attached hydrogen (secondary N) is 1. The molecule has 2 N–H and O–H groups in total. The summed E-state index contributed by atoms with van der Waals surface area (Å²) >= 11 is 1.81. The predicted molar refractivity (Wildman–Crippen MR) is 74.8 cm³/mol. The maximum Gasteiger partial charge on any atom is 0.129 e. The Morgan fingerprint density at radius 2 is 2.39 bits per heavy atom. The molecule has 5 heteroatoms. The molecule has 1 aromatic rings. The van der Waals surface area contributed by atoms with E-state index in [1.807, 2.05) is 23.9 Å². The van der Waals surface area contributed by atoms with Crippen molar-refractivity contribution in [3.63, 3.8) is 0 Å². The largest absolute Gasteiger partial charge is 0.467 e. The number of rotatable bonds is 10. The van der Waals surface area contributed by atoms with Crippen LogP contribution < -0.4 is 5.32 Å². The molecule has 0 aromatic carbocycles. The van der Waals surface area contributed by atoms with E-state index in [2.05, 4.69) is 18.5 Å². The van der Waals surface area contributed by atoms with Crippen LogP contribution in [0.1, 0.15) is 19.1 Å². The molecule has 1 rings (SSSR count). The Bertz CT molecular complexity index is 292. The molecule has 18 heavy (non-hydrogen) atoms. The Labute approximate surface area is 113 Å². The van der Waals surface area contributed by atoms with Crippen LogP contribution in [0.2, 0.25) is 0 Å². The van der Waals surface area contributed by atoms with Gasteiger partial charge in [0, 0.05) is 18.3 Å². The highest BCUT2D eigenvalue weighted by molar-refractivity contribution is 7.98. The van der Waals surface area contributed by atoms with Crippen molar-refractivity contribution in [2.75, 3.05) is 25.2 Å². The molecular weight excluding hydrogens is 250 g/mol. The lowest BCUT2D eigenvalue weighted by Crippen LogP contribution is -2.38. The molecule has 1 aromatic heterocycles. The van der Waals surface area contributed by atoms with Gasteiger partial charge >= 0.3 is 0 Å². The van der Waals surface area contributed by atoms with Gasteiger partial charge in [0.1, 0.15) is 12.4 Å². The van der Waals surface area contributed by atoms with E-state index in [1.54, 1.807) is 6.26 Å². The molecular formula is C13H23NO3S. The second-order valence-electron chi connectivity index (χ2n) is 4.22. The van der Waals surface area contributed by atoms with Crippen molar-refractivity contribution in [1.82, 2.24) is 5.32 Å². The molecule has 2 unspecified atom stereocenters. The van der Waals surface area contributed by atoms with Gasteiger partial charge in [-0.25, -0.2) is 0 Å². The third-order valence-electron chi connectivity index (χ3n) is 2.64. The quantitative estimate of drug-likeness (QED) is 0.682. The summed E-state index contributed by atoms with van der Waals surface area (Å²) in [6.07, 6.45) is 4.30. The molecule has 0 fully saturated rings. The maximum atomic E-state index is 9.77. The van der Waals surface area contributed by atoms with E-state index in [4.69, 9.17) is 9.15 Å². The Kier molecular flexibility index (Phi) is 8.17. The van der Waals surface area contributed by atoms with Gasteiger partial charge in [-0.3, -0.25) is 0 Å². The zero-order chi connectivity index (χ0) is 13.2. The fourth-order valence-corrected chi connectivity index (χ4v) is 2.33. The molecule has 104 valence electrons. The first-order valence-electron chi connectivity index (χ1n) is 6.26.